The van der Waals surface area contributed by atoms with Crippen LogP contribution in [0.15, 0.2) is 18.2 Å². The van der Waals surface area contributed by atoms with Crippen LogP contribution in [-0.2, 0) is 20.9 Å². The summed E-state index contributed by atoms with van der Waals surface area (Å²) in [5.74, 6) is -0.243. The van der Waals surface area contributed by atoms with Crippen molar-refractivity contribution in [3.05, 3.63) is 23.8 Å². The van der Waals surface area contributed by atoms with Crippen molar-refractivity contribution in [1.29, 1.82) is 0 Å². The first-order valence-corrected chi connectivity index (χ1v) is 6.93. The maximum absolute atomic E-state index is 12.1. The van der Waals surface area contributed by atoms with Crippen molar-refractivity contribution in [1.82, 2.24) is 0 Å². The number of nitrogens with zero attached hydrogens (tertiary/aromatic N) is 1. The Morgan fingerprint density at radius 3 is 2.95 bits per heavy atom. The molecular formula is C15H19NO5. The van der Waals surface area contributed by atoms with E-state index in [1.54, 1.807) is 25.1 Å². The Morgan fingerprint density at radius 2 is 2.29 bits per heavy atom. The lowest BCUT2D eigenvalue weighted by atomic mass is 10.1. The van der Waals surface area contributed by atoms with Crippen LogP contribution < -0.4 is 9.64 Å². The van der Waals surface area contributed by atoms with Crippen LogP contribution in [0.1, 0.15) is 25.8 Å². The first-order valence-electron chi connectivity index (χ1n) is 6.93. The first-order chi connectivity index (χ1) is 10.1. The van der Waals surface area contributed by atoms with Gasteiger partial charge in [-0.1, -0.05) is 13.0 Å². The van der Waals surface area contributed by atoms with Gasteiger partial charge in [0.15, 0.2) is 6.61 Å². The molecule has 21 heavy (non-hydrogen) atoms. The molecule has 1 atom stereocenters. The Hall–Kier alpha value is -2.08. The second-order valence-electron chi connectivity index (χ2n) is 4.86. The predicted molar refractivity (Wildman–Crippen MR) is 76.1 cm³/mol. The van der Waals surface area contributed by atoms with Gasteiger partial charge in [0, 0.05) is 0 Å². The summed E-state index contributed by atoms with van der Waals surface area (Å²) in [4.78, 5) is 25.5. The van der Waals surface area contributed by atoms with Gasteiger partial charge in [0.05, 0.1) is 18.9 Å². The molecule has 1 unspecified atom stereocenters. The largest absolute Gasteiger partial charge is 0.482 e. The number of rotatable bonds is 5. The number of hydrogen-bond acceptors (Lipinski definition) is 5. The number of ether oxygens (including phenoxy) is 2. The molecule has 0 fully saturated rings. The number of carbonyl (C=O) groups is 2. The molecule has 1 aliphatic rings. The third-order valence-corrected chi connectivity index (χ3v) is 3.26. The Labute approximate surface area is 123 Å². The molecule has 1 aromatic carbocycles. The average molecular weight is 293 g/mol. The zero-order chi connectivity index (χ0) is 15.4. The Balaban J connectivity index is 2.30. The highest BCUT2D eigenvalue weighted by Gasteiger charge is 2.34. The summed E-state index contributed by atoms with van der Waals surface area (Å²) < 4.78 is 10.5. The van der Waals surface area contributed by atoms with Gasteiger partial charge < -0.3 is 14.6 Å². The summed E-state index contributed by atoms with van der Waals surface area (Å²) in [6.45, 7) is 3.59. The van der Waals surface area contributed by atoms with E-state index in [4.69, 9.17) is 9.47 Å². The second-order valence-corrected chi connectivity index (χ2v) is 4.86. The molecule has 2 rings (SSSR count). The van der Waals surface area contributed by atoms with Gasteiger partial charge in [0.2, 0.25) is 0 Å². The molecular weight excluding hydrogens is 274 g/mol. The highest BCUT2D eigenvalue weighted by atomic mass is 16.5. The fraction of sp³-hybridized carbons (Fsp3) is 0.467. The Bertz CT molecular complexity index is 543. The molecule has 0 bridgehead atoms. The maximum atomic E-state index is 12.1. The highest BCUT2D eigenvalue weighted by molar-refractivity contribution is 6.02. The number of hydrogen-bond donors (Lipinski definition) is 1. The monoisotopic (exact) mass is 293 g/mol. The van der Waals surface area contributed by atoms with Crippen LogP contribution in [0.3, 0.4) is 0 Å². The number of aliphatic hydroxyl groups excluding tert-OH is 1. The number of carbonyl (C=O) groups excluding carboxylic acids is 2. The average Bonchev–Trinajstić information content (AvgIpc) is 2.51. The molecule has 114 valence electrons. The summed E-state index contributed by atoms with van der Waals surface area (Å²) in [6.07, 6.45) is 0.723. The van der Waals surface area contributed by atoms with Crippen molar-refractivity contribution in [2.24, 2.45) is 0 Å². The van der Waals surface area contributed by atoms with Gasteiger partial charge >= 0.3 is 5.97 Å². The normalized spacial score (nSPS) is 15.2. The van der Waals surface area contributed by atoms with E-state index in [9.17, 15) is 14.7 Å². The van der Waals surface area contributed by atoms with Crippen LogP contribution in [0, 0.1) is 0 Å². The van der Waals surface area contributed by atoms with Crippen LogP contribution in [-0.4, -0.2) is 36.2 Å². The predicted octanol–water partition coefficient (Wildman–Crippen LogP) is 1.25. The fourth-order valence-electron chi connectivity index (χ4n) is 2.17. The third kappa shape index (κ3) is 3.16. The van der Waals surface area contributed by atoms with E-state index in [0.717, 1.165) is 6.42 Å². The van der Waals surface area contributed by atoms with Crippen molar-refractivity contribution >= 4 is 17.6 Å². The SMILES string of the molecule is CCCOC(=O)C(C)N1C(=O)COc2ccc(CO)cc21. The van der Waals surface area contributed by atoms with Crippen LogP contribution in [0.25, 0.3) is 0 Å². The van der Waals surface area contributed by atoms with E-state index in [1.165, 1.54) is 4.90 Å². The molecule has 0 aliphatic carbocycles. The van der Waals surface area contributed by atoms with Gasteiger partial charge in [0.25, 0.3) is 5.91 Å². The van der Waals surface area contributed by atoms with E-state index < -0.39 is 12.0 Å². The topological polar surface area (TPSA) is 76.1 Å². The molecule has 1 amide bonds. The standard InChI is InChI=1S/C15H19NO5/c1-3-6-20-15(19)10(2)16-12-7-11(8-17)4-5-13(12)21-9-14(16)18/h4-5,7,10,17H,3,6,8-9H2,1-2H3. The maximum Gasteiger partial charge on any atom is 0.328 e. The van der Waals surface area contributed by atoms with Gasteiger partial charge in [-0.3, -0.25) is 9.69 Å². The summed E-state index contributed by atoms with van der Waals surface area (Å²) in [5, 5.41) is 9.22. The molecule has 0 radical (unpaired) electrons. The molecule has 0 saturated heterocycles. The third-order valence-electron chi connectivity index (χ3n) is 3.26. The van der Waals surface area contributed by atoms with E-state index in [0.29, 0.717) is 23.6 Å². The zero-order valence-corrected chi connectivity index (χ0v) is 12.2. The molecule has 0 saturated carbocycles. The number of fused-ring (bicyclic) bond motifs is 1. The zero-order valence-electron chi connectivity index (χ0n) is 12.2. The minimum Gasteiger partial charge on any atom is -0.482 e. The van der Waals surface area contributed by atoms with Crippen LogP contribution in [0.5, 0.6) is 5.75 Å². The number of amides is 1. The summed E-state index contributed by atoms with van der Waals surface area (Å²) in [6, 6.07) is 4.31. The van der Waals surface area contributed by atoms with Crippen LogP contribution in [0.4, 0.5) is 5.69 Å². The minimum atomic E-state index is -0.736. The van der Waals surface area contributed by atoms with Crippen molar-refractivity contribution in [3.63, 3.8) is 0 Å². The van der Waals surface area contributed by atoms with Crippen LogP contribution >= 0.6 is 0 Å². The number of anilines is 1. The van der Waals surface area contributed by atoms with Crippen molar-refractivity contribution in [2.75, 3.05) is 18.1 Å². The van der Waals surface area contributed by atoms with Crippen LogP contribution in [0.2, 0.25) is 0 Å². The number of aliphatic hydroxyl groups is 1. The lowest BCUT2D eigenvalue weighted by molar-refractivity contribution is -0.146. The van der Waals surface area contributed by atoms with E-state index in [2.05, 4.69) is 0 Å². The Kier molecular flexibility index (Phi) is 4.80. The lowest BCUT2D eigenvalue weighted by Gasteiger charge is -2.33. The molecule has 1 aromatic rings. The second kappa shape index (κ2) is 6.58. The number of esters is 1. The van der Waals surface area contributed by atoms with Crippen molar-refractivity contribution in [2.45, 2.75) is 32.9 Å². The quantitative estimate of drug-likeness (QED) is 0.827. The van der Waals surface area contributed by atoms with Gasteiger partial charge in [-0.05, 0) is 31.0 Å². The highest BCUT2D eigenvalue weighted by Crippen LogP contribution is 2.34. The van der Waals surface area contributed by atoms with Gasteiger partial charge in [0.1, 0.15) is 11.8 Å². The lowest BCUT2D eigenvalue weighted by Crippen LogP contribution is -2.48. The molecule has 6 nitrogen and oxygen atoms in total. The smallest absolute Gasteiger partial charge is 0.328 e. The summed E-state index contributed by atoms with van der Waals surface area (Å²) in [5.41, 5.74) is 1.13. The minimum absolute atomic E-state index is 0.114. The van der Waals surface area contributed by atoms with Crippen molar-refractivity contribution in [3.8, 4) is 5.75 Å². The van der Waals surface area contributed by atoms with Gasteiger partial charge in [-0.25, -0.2) is 4.79 Å². The molecule has 6 heteroatoms. The summed E-state index contributed by atoms with van der Waals surface area (Å²) >= 11 is 0. The van der Waals surface area contributed by atoms with E-state index in [-0.39, 0.29) is 19.1 Å². The molecule has 1 aliphatic heterocycles. The summed E-state index contributed by atoms with van der Waals surface area (Å²) in [7, 11) is 0. The molecule has 1 N–H and O–H groups in total. The molecule has 1 heterocycles. The van der Waals surface area contributed by atoms with Crippen molar-refractivity contribution < 1.29 is 24.2 Å². The fourth-order valence-corrected chi connectivity index (χ4v) is 2.17. The number of benzene rings is 1. The van der Waals surface area contributed by atoms with E-state index in [1.807, 2.05) is 6.92 Å². The van der Waals surface area contributed by atoms with Gasteiger partial charge in [-0.15, -0.1) is 0 Å². The molecule has 0 aromatic heterocycles. The first kappa shape index (κ1) is 15.3. The van der Waals surface area contributed by atoms with Gasteiger partial charge in [-0.2, -0.15) is 0 Å². The molecule has 0 spiro atoms. The van der Waals surface area contributed by atoms with E-state index >= 15 is 0 Å². The Morgan fingerprint density at radius 1 is 1.52 bits per heavy atom.